The van der Waals surface area contributed by atoms with Gasteiger partial charge < -0.3 is 5.73 Å². The van der Waals surface area contributed by atoms with Crippen molar-refractivity contribution in [3.63, 3.8) is 0 Å². The van der Waals surface area contributed by atoms with Gasteiger partial charge in [-0.15, -0.1) is 11.3 Å². The molecule has 3 aromatic rings. The van der Waals surface area contributed by atoms with Crippen LogP contribution in [0.5, 0.6) is 0 Å². The minimum absolute atomic E-state index is 0.355. The van der Waals surface area contributed by atoms with Gasteiger partial charge in [-0.1, -0.05) is 41.4 Å². The van der Waals surface area contributed by atoms with E-state index in [1.54, 1.807) is 23.6 Å². The molecule has 5 heteroatoms. The van der Waals surface area contributed by atoms with Crippen LogP contribution in [-0.4, -0.2) is 4.98 Å². The highest BCUT2D eigenvalue weighted by molar-refractivity contribution is 7.17. The van der Waals surface area contributed by atoms with Gasteiger partial charge in [-0.05, 0) is 28.5 Å². The van der Waals surface area contributed by atoms with Crippen molar-refractivity contribution < 1.29 is 0 Å². The first kappa shape index (κ1) is 12.9. The fraction of sp³-hybridized carbons (Fsp3) is 0.0714. The van der Waals surface area contributed by atoms with E-state index in [1.165, 1.54) is 10.1 Å². The summed E-state index contributed by atoms with van der Waals surface area (Å²) in [4.78, 5) is 4.26. The van der Waals surface area contributed by atoms with Crippen LogP contribution in [0.15, 0.2) is 41.9 Å². The summed E-state index contributed by atoms with van der Waals surface area (Å²) < 4.78 is 1.17. The molecule has 0 bridgehead atoms. The van der Waals surface area contributed by atoms with Crippen LogP contribution in [-0.2, 0) is 0 Å². The molecule has 0 aliphatic rings. The first-order valence-corrected chi connectivity index (χ1v) is 7.33. The van der Waals surface area contributed by atoms with Gasteiger partial charge in [0, 0.05) is 10.9 Å². The standard InChI is InChI=1S/C14H10Cl2N2S/c15-9-6-11(16)13(18-7-9)12(17)10-3-1-2-8-4-5-19-14(8)10/h1-7,12H,17H2. The molecule has 0 saturated heterocycles. The Morgan fingerprint density at radius 3 is 2.84 bits per heavy atom. The molecule has 2 heterocycles. The van der Waals surface area contributed by atoms with Gasteiger partial charge in [-0.3, -0.25) is 4.98 Å². The number of rotatable bonds is 2. The molecule has 0 aliphatic heterocycles. The molecule has 2 N–H and O–H groups in total. The van der Waals surface area contributed by atoms with E-state index in [0.29, 0.717) is 15.7 Å². The maximum atomic E-state index is 6.31. The van der Waals surface area contributed by atoms with Gasteiger partial charge in [-0.25, -0.2) is 0 Å². The average Bonchev–Trinajstić information content (AvgIpc) is 2.86. The number of hydrogen-bond donors (Lipinski definition) is 1. The molecular weight excluding hydrogens is 299 g/mol. The topological polar surface area (TPSA) is 38.9 Å². The van der Waals surface area contributed by atoms with Gasteiger partial charge in [0.1, 0.15) is 0 Å². The number of thiophene rings is 1. The Bertz CT molecular complexity index is 739. The van der Waals surface area contributed by atoms with E-state index in [4.69, 9.17) is 28.9 Å². The number of benzene rings is 1. The molecule has 19 heavy (non-hydrogen) atoms. The van der Waals surface area contributed by atoms with Gasteiger partial charge in [-0.2, -0.15) is 0 Å². The number of fused-ring (bicyclic) bond motifs is 1. The van der Waals surface area contributed by atoms with Crippen LogP contribution < -0.4 is 5.73 Å². The number of aromatic nitrogens is 1. The molecule has 3 rings (SSSR count). The number of nitrogens with two attached hydrogens (primary N) is 1. The lowest BCUT2D eigenvalue weighted by Gasteiger charge is -2.14. The Labute approximate surface area is 124 Å². The van der Waals surface area contributed by atoms with Gasteiger partial charge in [0.15, 0.2) is 0 Å². The van der Waals surface area contributed by atoms with Crippen molar-refractivity contribution >= 4 is 44.6 Å². The van der Waals surface area contributed by atoms with E-state index >= 15 is 0 Å². The lowest BCUT2D eigenvalue weighted by Crippen LogP contribution is -2.14. The van der Waals surface area contributed by atoms with Crippen LogP contribution in [0.25, 0.3) is 10.1 Å². The Hall–Kier alpha value is -1.13. The van der Waals surface area contributed by atoms with Crippen LogP contribution >= 0.6 is 34.5 Å². The summed E-state index contributed by atoms with van der Waals surface area (Å²) in [6, 6.07) is 9.46. The van der Waals surface area contributed by atoms with E-state index in [0.717, 1.165) is 5.56 Å². The molecule has 0 saturated carbocycles. The van der Waals surface area contributed by atoms with Crippen molar-refractivity contribution in [3.05, 3.63) is 63.2 Å². The third-order valence-corrected chi connectivity index (χ3v) is 4.46. The van der Waals surface area contributed by atoms with Gasteiger partial charge in [0.25, 0.3) is 0 Å². The van der Waals surface area contributed by atoms with Crippen LogP contribution in [0.2, 0.25) is 10.0 Å². The molecule has 0 amide bonds. The Morgan fingerprint density at radius 2 is 2.05 bits per heavy atom. The first-order chi connectivity index (χ1) is 9.16. The third-order valence-electron chi connectivity index (χ3n) is 2.98. The molecule has 0 fully saturated rings. The minimum atomic E-state index is -0.355. The van der Waals surface area contributed by atoms with Crippen LogP contribution in [0.3, 0.4) is 0 Å². The summed E-state index contributed by atoms with van der Waals surface area (Å²) >= 11 is 13.7. The highest BCUT2D eigenvalue weighted by Crippen LogP contribution is 2.33. The molecule has 0 spiro atoms. The Kier molecular flexibility index (Phi) is 3.46. The van der Waals surface area contributed by atoms with Crippen molar-refractivity contribution in [1.29, 1.82) is 0 Å². The van der Waals surface area contributed by atoms with E-state index in [1.807, 2.05) is 12.1 Å². The van der Waals surface area contributed by atoms with Gasteiger partial charge >= 0.3 is 0 Å². The first-order valence-electron chi connectivity index (χ1n) is 5.69. The van der Waals surface area contributed by atoms with E-state index in [-0.39, 0.29) is 6.04 Å². The second-order valence-corrected chi connectivity index (χ2v) is 5.94. The van der Waals surface area contributed by atoms with Crippen LogP contribution in [0.4, 0.5) is 0 Å². The molecule has 2 nitrogen and oxygen atoms in total. The van der Waals surface area contributed by atoms with Gasteiger partial charge in [0.2, 0.25) is 0 Å². The van der Waals surface area contributed by atoms with Crippen LogP contribution in [0, 0.1) is 0 Å². The predicted molar refractivity (Wildman–Crippen MR) is 82.1 cm³/mol. The van der Waals surface area contributed by atoms with E-state index < -0.39 is 0 Å². The fourth-order valence-electron chi connectivity index (χ4n) is 2.06. The second kappa shape index (κ2) is 5.10. The normalized spacial score (nSPS) is 12.8. The zero-order chi connectivity index (χ0) is 13.4. The molecule has 1 atom stereocenters. The highest BCUT2D eigenvalue weighted by atomic mass is 35.5. The molecule has 0 aliphatic carbocycles. The van der Waals surface area contributed by atoms with Crippen molar-refractivity contribution in [1.82, 2.24) is 4.98 Å². The van der Waals surface area contributed by atoms with E-state index in [9.17, 15) is 0 Å². The minimum Gasteiger partial charge on any atom is -0.319 e. The van der Waals surface area contributed by atoms with Crippen molar-refractivity contribution in [3.8, 4) is 0 Å². The molecule has 96 valence electrons. The Balaban J connectivity index is 2.13. The summed E-state index contributed by atoms with van der Waals surface area (Å²) in [7, 11) is 0. The smallest absolute Gasteiger partial charge is 0.0803 e. The third kappa shape index (κ3) is 2.35. The lowest BCUT2D eigenvalue weighted by atomic mass is 10.0. The lowest BCUT2D eigenvalue weighted by molar-refractivity contribution is 0.838. The van der Waals surface area contributed by atoms with Crippen molar-refractivity contribution in [2.75, 3.05) is 0 Å². The second-order valence-electron chi connectivity index (χ2n) is 4.18. The maximum Gasteiger partial charge on any atom is 0.0803 e. The number of pyridine rings is 1. The summed E-state index contributed by atoms with van der Waals surface area (Å²) in [5.74, 6) is 0. The molecule has 0 radical (unpaired) electrons. The largest absolute Gasteiger partial charge is 0.319 e. The van der Waals surface area contributed by atoms with Gasteiger partial charge in [0.05, 0.1) is 21.8 Å². The average molecular weight is 309 g/mol. The quantitative estimate of drug-likeness (QED) is 0.748. The Morgan fingerprint density at radius 1 is 1.21 bits per heavy atom. The van der Waals surface area contributed by atoms with Crippen LogP contribution in [0.1, 0.15) is 17.3 Å². The van der Waals surface area contributed by atoms with Crippen molar-refractivity contribution in [2.45, 2.75) is 6.04 Å². The summed E-state index contributed by atoms with van der Waals surface area (Å²) in [6.45, 7) is 0. The van der Waals surface area contributed by atoms with Crippen molar-refractivity contribution in [2.24, 2.45) is 5.73 Å². The molecular formula is C14H10Cl2N2S. The zero-order valence-corrected chi connectivity index (χ0v) is 12.1. The number of nitrogens with zero attached hydrogens (tertiary/aromatic N) is 1. The molecule has 1 unspecified atom stereocenters. The molecule has 1 aromatic carbocycles. The predicted octanol–water partition coefficient (Wildman–Crippen LogP) is 4.65. The monoisotopic (exact) mass is 308 g/mol. The number of halogens is 2. The molecule has 2 aromatic heterocycles. The maximum absolute atomic E-state index is 6.31. The van der Waals surface area contributed by atoms with E-state index in [2.05, 4.69) is 22.5 Å². The number of hydrogen-bond acceptors (Lipinski definition) is 3. The summed E-state index contributed by atoms with van der Waals surface area (Å²) in [6.07, 6.45) is 1.57. The highest BCUT2D eigenvalue weighted by Gasteiger charge is 2.17. The zero-order valence-electron chi connectivity index (χ0n) is 9.81. The summed E-state index contributed by atoms with van der Waals surface area (Å²) in [5.41, 5.74) is 7.99. The fourth-order valence-corrected chi connectivity index (χ4v) is 3.51. The SMILES string of the molecule is NC(c1ncc(Cl)cc1Cl)c1cccc2ccsc12. The summed E-state index contributed by atoms with van der Waals surface area (Å²) in [5, 5.41) is 4.24.